The molecule has 0 spiro atoms. The predicted molar refractivity (Wildman–Crippen MR) is 170 cm³/mol. The average Bonchev–Trinajstić information content (AvgIpc) is 3.28. The lowest BCUT2D eigenvalue weighted by atomic mass is 10.0. The molecule has 44 heavy (non-hydrogen) atoms. The van der Waals surface area contributed by atoms with Crippen molar-refractivity contribution in [2.75, 3.05) is 56.5 Å². The van der Waals surface area contributed by atoms with E-state index in [-0.39, 0.29) is 40.9 Å². The quantitative estimate of drug-likeness (QED) is 0.305. The van der Waals surface area contributed by atoms with Gasteiger partial charge in [-0.05, 0) is 71.1 Å². The van der Waals surface area contributed by atoms with Gasteiger partial charge in [0, 0.05) is 50.2 Å². The molecule has 0 unspecified atom stereocenters. The van der Waals surface area contributed by atoms with E-state index in [4.69, 9.17) is 0 Å². The minimum Gasteiger partial charge on any atom is -0.367 e. The first kappa shape index (κ1) is 29.7. The zero-order chi connectivity index (χ0) is 31.0. The molecule has 4 aromatic rings. The van der Waals surface area contributed by atoms with Gasteiger partial charge in [0.2, 0.25) is 5.95 Å². The first-order valence-electron chi connectivity index (χ1n) is 15.2. The molecule has 13 heteroatoms. The van der Waals surface area contributed by atoms with Crippen molar-refractivity contribution in [2.24, 2.45) is 0 Å². The van der Waals surface area contributed by atoms with Crippen molar-refractivity contribution in [1.82, 2.24) is 38.9 Å². The third-order valence-electron chi connectivity index (χ3n) is 8.56. The molecular formula is C31H39FN10O2. The first-order chi connectivity index (χ1) is 21.2. The Bertz CT molecular complexity index is 1780. The van der Waals surface area contributed by atoms with Crippen LogP contribution in [-0.2, 0) is 6.54 Å². The van der Waals surface area contributed by atoms with Crippen molar-refractivity contribution in [3.05, 3.63) is 75.7 Å². The number of likely N-dealkylation sites (tertiary alicyclic amines) is 1. The van der Waals surface area contributed by atoms with E-state index in [2.05, 4.69) is 48.7 Å². The number of halogens is 1. The van der Waals surface area contributed by atoms with Gasteiger partial charge >= 0.3 is 0 Å². The molecule has 0 atom stereocenters. The lowest BCUT2D eigenvalue weighted by Crippen LogP contribution is -2.53. The van der Waals surface area contributed by atoms with E-state index in [1.165, 1.54) is 40.5 Å². The molecule has 3 aromatic heterocycles. The van der Waals surface area contributed by atoms with Crippen LogP contribution in [0.3, 0.4) is 0 Å². The second kappa shape index (κ2) is 12.3. The molecule has 2 aliphatic heterocycles. The van der Waals surface area contributed by atoms with Crippen LogP contribution >= 0.6 is 0 Å². The highest BCUT2D eigenvalue weighted by molar-refractivity contribution is 5.77. The van der Waals surface area contributed by atoms with Gasteiger partial charge in [0.1, 0.15) is 11.2 Å². The van der Waals surface area contributed by atoms with Crippen LogP contribution in [0.4, 0.5) is 21.7 Å². The predicted octanol–water partition coefficient (Wildman–Crippen LogP) is 3.00. The molecule has 1 aromatic carbocycles. The van der Waals surface area contributed by atoms with Crippen molar-refractivity contribution in [1.29, 1.82) is 0 Å². The highest BCUT2D eigenvalue weighted by Crippen LogP contribution is 2.27. The molecule has 0 radical (unpaired) electrons. The molecule has 2 aliphatic rings. The number of nitrogens with zero attached hydrogens (tertiary/aromatic N) is 9. The lowest BCUT2D eigenvalue weighted by Gasteiger charge is -2.42. The van der Waals surface area contributed by atoms with Gasteiger partial charge in [-0.25, -0.2) is 23.4 Å². The van der Waals surface area contributed by atoms with Crippen molar-refractivity contribution in [3.8, 4) is 5.82 Å². The molecular weight excluding hydrogens is 563 g/mol. The monoisotopic (exact) mass is 602 g/mol. The fourth-order valence-corrected chi connectivity index (χ4v) is 6.16. The first-order valence-corrected chi connectivity index (χ1v) is 15.2. The summed E-state index contributed by atoms with van der Waals surface area (Å²) < 4.78 is 19.8. The average molecular weight is 603 g/mol. The van der Waals surface area contributed by atoms with E-state index >= 15 is 4.39 Å². The maximum absolute atomic E-state index is 15.4. The largest absolute Gasteiger partial charge is 0.367 e. The number of hydrogen-bond donors (Lipinski definition) is 1. The van der Waals surface area contributed by atoms with Crippen molar-refractivity contribution in [3.63, 3.8) is 0 Å². The smallest absolute Gasteiger partial charge is 0.278 e. The zero-order valence-corrected chi connectivity index (χ0v) is 25.5. The minimum absolute atomic E-state index is 0.184. The van der Waals surface area contributed by atoms with Crippen molar-refractivity contribution in [2.45, 2.75) is 45.3 Å². The molecule has 12 nitrogen and oxygen atoms in total. The zero-order valence-electron chi connectivity index (χ0n) is 25.5. The molecule has 2 saturated heterocycles. The number of nitrogens with one attached hydrogen (secondary N) is 1. The maximum atomic E-state index is 15.4. The molecule has 1 N–H and O–H groups in total. The number of hydrogen-bond acceptors (Lipinski definition) is 9. The Labute approximate surface area is 255 Å². The Kier molecular flexibility index (Phi) is 8.32. The third kappa shape index (κ3) is 5.76. The Morgan fingerprint density at radius 1 is 1.07 bits per heavy atom. The summed E-state index contributed by atoms with van der Waals surface area (Å²) in [4.78, 5) is 41.6. The molecule has 0 bridgehead atoms. The standard InChI is InChI=1S/C31H39FN10O2/c1-5-12-40-30(44)24-20-33-31(35-29(24)42(40)27-8-9-28(43)41(36-27)21(2)3)34-22-6-7-26(25(32)19-22)39-17-15-38(16-18-39)23-10-13-37(4)14-11-23/h5-9,19-21,23H,1,10-18H2,2-4H3,(H,33,34,35). The number of benzene rings is 1. The Balaban J connectivity index is 1.24. The lowest BCUT2D eigenvalue weighted by molar-refractivity contribution is 0.115. The molecule has 5 heterocycles. The van der Waals surface area contributed by atoms with Crippen LogP contribution in [0.2, 0.25) is 0 Å². The van der Waals surface area contributed by atoms with Crippen LogP contribution in [0.25, 0.3) is 16.9 Å². The molecule has 0 saturated carbocycles. The summed E-state index contributed by atoms with van der Waals surface area (Å²) in [5.41, 5.74) is 0.801. The molecule has 232 valence electrons. The number of fused-ring (bicyclic) bond motifs is 1. The summed E-state index contributed by atoms with van der Waals surface area (Å²) in [6, 6.07) is 8.44. The summed E-state index contributed by atoms with van der Waals surface area (Å²) in [6.07, 6.45) is 5.42. The van der Waals surface area contributed by atoms with Gasteiger partial charge in [-0.3, -0.25) is 14.5 Å². The Morgan fingerprint density at radius 2 is 1.82 bits per heavy atom. The van der Waals surface area contributed by atoms with Crippen molar-refractivity contribution >= 4 is 28.4 Å². The van der Waals surface area contributed by atoms with Gasteiger partial charge in [0.05, 0.1) is 18.3 Å². The second-order valence-electron chi connectivity index (χ2n) is 11.8. The van der Waals surface area contributed by atoms with Crippen LogP contribution in [0, 0.1) is 5.82 Å². The number of piperazine rings is 1. The van der Waals surface area contributed by atoms with Gasteiger partial charge < -0.3 is 15.1 Å². The van der Waals surface area contributed by atoms with Crippen LogP contribution in [0.1, 0.15) is 32.7 Å². The van der Waals surface area contributed by atoms with Crippen LogP contribution < -0.4 is 21.3 Å². The SMILES string of the molecule is C=CCn1c(=O)c2cnc(Nc3ccc(N4CCN(C5CCN(C)CC5)CC4)c(F)c3)nc2n1-c1ccc(=O)n(C(C)C)n1. The van der Waals surface area contributed by atoms with Crippen molar-refractivity contribution < 1.29 is 4.39 Å². The molecule has 2 fully saturated rings. The van der Waals surface area contributed by atoms with Crippen LogP contribution in [0.15, 0.2) is 58.8 Å². The fraction of sp³-hybridized carbons (Fsp3) is 0.452. The minimum atomic E-state index is -0.321. The maximum Gasteiger partial charge on any atom is 0.278 e. The van der Waals surface area contributed by atoms with E-state index < -0.39 is 0 Å². The summed E-state index contributed by atoms with van der Waals surface area (Å²) in [5, 5.41) is 7.86. The topological polar surface area (TPSA) is 109 Å². The van der Waals surface area contributed by atoms with E-state index in [0.29, 0.717) is 28.9 Å². The number of rotatable bonds is 8. The van der Waals surface area contributed by atoms with Crippen LogP contribution in [0.5, 0.6) is 0 Å². The highest BCUT2D eigenvalue weighted by atomic mass is 19.1. The van der Waals surface area contributed by atoms with E-state index in [9.17, 15) is 9.59 Å². The summed E-state index contributed by atoms with van der Waals surface area (Å²) in [6.45, 7) is 13.4. The summed E-state index contributed by atoms with van der Waals surface area (Å²) in [7, 11) is 2.17. The normalized spacial score (nSPS) is 17.1. The third-order valence-corrected chi connectivity index (χ3v) is 8.56. The fourth-order valence-electron chi connectivity index (χ4n) is 6.16. The number of allylic oxidation sites excluding steroid dienone is 1. The molecule has 6 rings (SSSR count). The van der Waals surface area contributed by atoms with E-state index in [0.717, 1.165) is 39.3 Å². The highest BCUT2D eigenvalue weighted by Gasteiger charge is 2.27. The van der Waals surface area contributed by atoms with E-state index in [1.807, 2.05) is 19.9 Å². The van der Waals surface area contributed by atoms with Gasteiger partial charge in [-0.1, -0.05) is 6.08 Å². The van der Waals surface area contributed by atoms with Crippen LogP contribution in [-0.4, -0.2) is 91.3 Å². The second-order valence-corrected chi connectivity index (χ2v) is 11.8. The summed E-state index contributed by atoms with van der Waals surface area (Å²) in [5.74, 6) is 0.222. The van der Waals surface area contributed by atoms with Gasteiger partial charge in [0.15, 0.2) is 11.5 Å². The number of anilines is 3. The Hall–Kier alpha value is -4.36. The van der Waals surface area contributed by atoms with Gasteiger partial charge in [-0.15, -0.1) is 11.7 Å². The molecule has 0 aliphatic carbocycles. The van der Waals surface area contributed by atoms with Gasteiger partial charge in [0.25, 0.3) is 11.1 Å². The Morgan fingerprint density at radius 3 is 2.50 bits per heavy atom. The van der Waals surface area contributed by atoms with E-state index in [1.54, 1.807) is 22.9 Å². The number of piperidine rings is 1. The summed E-state index contributed by atoms with van der Waals surface area (Å²) >= 11 is 0. The number of aromatic nitrogens is 6. The molecule has 0 amide bonds. The van der Waals surface area contributed by atoms with Gasteiger partial charge in [-0.2, -0.15) is 4.98 Å².